The molecule has 1 unspecified atom stereocenters. The Kier molecular flexibility index (Phi) is 6.65. The molecule has 4 nitrogen and oxygen atoms in total. The van der Waals surface area contributed by atoms with E-state index in [0.29, 0.717) is 18.5 Å². The number of nitrogens with two attached hydrogens (primary N) is 1. The van der Waals surface area contributed by atoms with Gasteiger partial charge in [-0.05, 0) is 30.5 Å². The molecule has 5 heteroatoms. The quantitative estimate of drug-likeness (QED) is 0.499. The molecule has 122 valence electrons. The van der Waals surface area contributed by atoms with Crippen LogP contribution in [0.25, 0.3) is 0 Å². The third-order valence-electron chi connectivity index (χ3n) is 4.16. The van der Waals surface area contributed by atoms with Crippen molar-refractivity contribution in [1.82, 2.24) is 5.32 Å². The number of benzene rings is 1. The molecule has 1 fully saturated rings. The molecule has 1 aromatic rings. The predicted octanol–water partition coefficient (Wildman–Crippen LogP) is 3.14. The van der Waals surface area contributed by atoms with Crippen molar-refractivity contribution in [3.8, 4) is 0 Å². The predicted molar refractivity (Wildman–Crippen MR) is 87.3 cm³/mol. The number of nitrogens with one attached hydrogen (secondary N) is 1. The molecule has 0 aromatic heterocycles. The summed E-state index contributed by atoms with van der Waals surface area (Å²) < 4.78 is 18.4. The Balaban J connectivity index is 1.88. The number of hydrogen-bond acceptors (Lipinski definition) is 2. The van der Waals surface area contributed by atoms with E-state index < -0.39 is 0 Å². The zero-order valence-electron chi connectivity index (χ0n) is 13.2. The molecule has 0 bridgehead atoms. The highest BCUT2D eigenvalue weighted by molar-refractivity contribution is 5.78. The van der Waals surface area contributed by atoms with Crippen LogP contribution >= 0.6 is 0 Å². The van der Waals surface area contributed by atoms with Gasteiger partial charge < -0.3 is 15.8 Å². The van der Waals surface area contributed by atoms with Crippen LogP contribution in [0.5, 0.6) is 0 Å². The molecular formula is C17H26FN3O. The van der Waals surface area contributed by atoms with Crippen LogP contribution in [0.3, 0.4) is 0 Å². The van der Waals surface area contributed by atoms with Gasteiger partial charge in [-0.2, -0.15) is 0 Å². The number of aliphatic imine (C=N–C) groups is 1. The van der Waals surface area contributed by atoms with Gasteiger partial charge >= 0.3 is 0 Å². The van der Waals surface area contributed by atoms with Crippen LogP contribution in [-0.2, 0) is 4.74 Å². The van der Waals surface area contributed by atoms with Crippen LogP contribution in [-0.4, -0.2) is 25.7 Å². The Labute approximate surface area is 132 Å². The standard InChI is InChI=1S/C17H26FN3O/c1-22-16(13-8-10-14(18)11-9-13)12-20-17(19)21-15-6-4-2-3-5-7-15/h8-11,15-16H,2-7,12H2,1H3,(H3,19,20,21). The first-order valence-electron chi connectivity index (χ1n) is 8.03. The van der Waals surface area contributed by atoms with Gasteiger partial charge in [-0.15, -0.1) is 0 Å². The summed E-state index contributed by atoms with van der Waals surface area (Å²) in [6.45, 7) is 0.424. The van der Waals surface area contributed by atoms with Crippen LogP contribution in [0.15, 0.2) is 29.3 Å². The van der Waals surface area contributed by atoms with Crippen LogP contribution in [0, 0.1) is 5.82 Å². The monoisotopic (exact) mass is 307 g/mol. The van der Waals surface area contributed by atoms with Gasteiger partial charge in [0.25, 0.3) is 0 Å². The van der Waals surface area contributed by atoms with E-state index in [1.807, 2.05) is 0 Å². The van der Waals surface area contributed by atoms with E-state index in [9.17, 15) is 4.39 Å². The smallest absolute Gasteiger partial charge is 0.188 e. The fourth-order valence-corrected chi connectivity index (χ4v) is 2.85. The van der Waals surface area contributed by atoms with Gasteiger partial charge in [-0.25, -0.2) is 4.39 Å². The molecule has 0 radical (unpaired) electrons. The molecule has 1 aromatic carbocycles. The summed E-state index contributed by atoms with van der Waals surface area (Å²) in [5.41, 5.74) is 6.88. The van der Waals surface area contributed by atoms with Crippen molar-refractivity contribution in [3.63, 3.8) is 0 Å². The molecule has 22 heavy (non-hydrogen) atoms. The van der Waals surface area contributed by atoms with E-state index in [0.717, 1.165) is 18.4 Å². The van der Waals surface area contributed by atoms with Gasteiger partial charge in [0.05, 0.1) is 6.54 Å². The molecule has 0 amide bonds. The van der Waals surface area contributed by atoms with Crippen molar-refractivity contribution in [2.45, 2.75) is 50.7 Å². The first-order valence-corrected chi connectivity index (χ1v) is 8.03. The molecule has 1 aliphatic carbocycles. The summed E-state index contributed by atoms with van der Waals surface area (Å²) in [5.74, 6) is 0.215. The molecule has 0 spiro atoms. The molecule has 3 N–H and O–H groups in total. The number of methoxy groups -OCH3 is 1. The Bertz CT molecular complexity index is 467. The SMILES string of the molecule is COC(CN=C(N)NC1CCCCCC1)c1ccc(F)cc1. The third-order valence-corrected chi connectivity index (χ3v) is 4.16. The van der Waals surface area contributed by atoms with Gasteiger partial charge in [0, 0.05) is 13.2 Å². The van der Waals surface area contributed by atoms with Crippen LogP contribution in [0.4, 0.5) is 4.39 Å². The zero-order chi connectivity index (χ0) is 15.8. The molecule has 1 aliphatic rings. The van der Waals surface area contributed by atoms with Crippen LogP contribution in [0.2, 0.25) is 0 Å². The lowest BCUT2D eigenvalue weighted by Gasteiger charge is -2.18. The zero-order valence-corrected chi connectivity index (χ0v) is 13.2. The summed E-state index contributed by atoms with van der Waals surface area (Å²) in [6.07, 6.45) is 7.22. The molecule has 0 aliphatic heterocycles. The minimum Gasteiger partial charge on any atom is -0.375 e. The second kappa shape index (κ2) is 8.73. The van der Waals surface area contributed by atoms with E-state index in [-0.39, 0.29) is 11.9 Å². The minimum absolute atomic E-state index is 0.213. The molecule has 0 saturated heterocycles. The highest BCUT2D eigenvalue weighted by Gasteiger charge is 2.13. The lowest BCUT2D eigenvalue weighted by Crippen LogP contribution is -2.40. The number of rotatable bonds is 5. The lowest BCUT2D eigenvalue weighted by molar-refractivity contribution is 0.111. The molecule has 2 rings (SSSR count). The average Bonchev–Trinajstić information content (AvgIpc) is 2.78. The highest BCUT2D eigenvalue weighted by atomic mass is 19.1. The maximum atomic E-state index is 13.0. The Hall–Kier alpha value is -1.62. The van der Waals surface area contributed by atoms with E-state index in [1.165, 1.54) is 37.8 Å². The Morgan fingerprint density at radius 1 is 1.27 bits per heavy atom. The van der Waals surface area contributed by atoms with Crippen molar-refractivity contribution in [2.75, 3.05) is 13.7 Å². The van der Waals surface area contributed by atoms with Crippen molar-refractivity contribution < 1.29 is 9.13 Å². The highest BCUT2D eigenvalue weighted by Crippen LogP contribution is 2.18. The number of ether oxygens (including phenoxy) is 1. The maximum Gasteiger partial charge on any atom is 0.188 e. The summed E-state index contributed by atoms with van der Waals surface area (Å²) in [6, 6.07) is 6.72. The number of hydrogen-bond donors (Lipinski definition) is 2. The number of halogens is 1. The largest absolute Gasteiger partial charge is 0.375 e. The summed E-state index contributed by atoms with van der Waals surface area (Å²) in [5, 5.41) is 3.31. The van der Waals surface area contributed by atoms with Crippen molar-refractivity contribution in [1.29, 1.82) is 0 Å². The van der Waals surface area contributed by atoms with Gasteiger partial charge in [0.1, 0.15) is 11.9 Å². The summed E-state index contributed by atoms with van der Waals surface area (Å²) in [7, 11) is 1.62. The van der Waals surface area contributed by atoms with Crippen molar-refractivity contribution in [3.05, 3.63) is 35.6 Å². The third kappa shape index (κ3) is 5.30. The van der Waals surface area contributed by atoms with E-state index in [4.69, 9.17) is 10.5 Å². The number of nitrogens with zero attached hydrogens (tertiary/aromatic N) is 1. The van der Waals surface area contributed by atoms with Crippen LogP contribution in [0.1, 0.15) is 50.2 Å². The molecule has 1 atom stereocenters. The lowest BCUT2D eigenvalue weighted by atomic mass is 10.1. The fourth-order valence-electron chi connectivity index (χ4n) is 2.85. The maximum absolute atomic E-state index is 13.0. The van der Waals surface area contributed by atoms with Crippen LogP contribution < -0.4 is 11.1 Å². The first-order chi connectivity index (χ1) is 10.7. The second-order valence-electron chi connectivity index (χ2n) is 5.83. The first kappa shape index (κ1) is 16.7. The second-order valence-corrected chi connectivity index (χ2v) is 5.83. The minimum atomic E-state index is -0.253. The van der Waals surface area contributed by atoms with E-state index in [2.05, 4.69) is 10.3 Å². The topological polar surface area (TPSA) is 59.6 Å². The number of guanidine groups is 1. The Morgan fingerprint density at radius 3 is 2.50 bits per heavy atom. The molecule has 1 saturated carbocycles. The molecule has 0 heterocycles. The Morgan fingerprint density at radius 2 is 1.91 bits per heavy atom. The summed E-state index contributed by atoms with van der Waals surface area (Å²) in [4.78, 5) is 4.38. The fraction of sp³-hybridized carbons (Fsp3) is 0.588. The summed E-state index contributed by atoms with van der Waals surface area (Å²) >= 11 is 0. The molecular weight excluding hydrogens is 281 g/mol. The van der Waals surface area contributed by atoms with E-state index >= 15 is 0 Å². The van der Waals surface area contributed by atoms with Gasteiger partial charge in [-0.3, -0.25) is 4.99 Å². The van der Waals surface area contributed by atoms with Gasteiger partial charge in [0.2, 0.25) is 0 Å². The van der Waals surface area contributed by atoms with Crippen molar-refractivity contribution in [2.24, 2.45) is 10.7 Å². The average molecular weight is 307 g/mol. The van der Waals surface area contributed by atoms with Gasteiger partial charge in [-0.1, -0.05) is 37.8 Å². The normalized spacial score (nSPS) is 18.7. The van der Waals surface area contributed by atoms with E-state index in [1.54, 1.807) is 19.2 Å². The van der Waals surface area contributed by atoms with Gasteiger partial charge in [0.15, 0.2) is 5.96 Å². The van der Waals surface area contributed by atoms with Crippen molar-refractivity contribution >= 4 is 5.96 Å².